The van der Waals surface area contributed by atoms with Crippen molar-refractivity contribution in [1.29, 1.82) is 0 Å². The van der Waals surface area contributed by atoms with Gasteiger partial charge in [-0.15, -0.1) is 0 Å². The Morgan fingerprint density at radius 1 is 0.104 bits per heavy atom. The Labute approximate surface area is 265 Å². The first kappa shape index (κ1) is 19.4. The normalized spacial score (nSPS) is 15.5. The minimum absolute atomic E-state index is 1.45. The number of fused-ring (bicyclic) bond motifs is 6. The van der Waals surface area contributed by atoms with Crippen LogP contribution in [0, 0.1) is 0 Å². The van der Waals surface area contributed by atoms with Gasteiger partial charge >= 0.3 is 0 Å². The summed E-state index contributed by atoms with van der Waals surface area (Å²) in [6.45, 7) is 0. The Kier molecular flexibility index (Phi) is 2.02. The SMILES string of the molecule is c1cc2c3ccc4c5ccc6c7ccc8c9ccc%10c%11ccc%12c1c1c2c2c3c4c3c5c6c4c7c8c5c9c%10c6c%11c%12c1c1c2c3c4c5c61. The molecule has 0 radical (unpaired) electrons. The smallest absolute Gasteiger partial charge is 0.000000767 e. The summed E-state index contributed by atoms with van der Waals surface area (Å²) in [4.78, 5) is 0. The average Bonchev–Trinajstić information content (AvgIpc) is 3.94. The molecule has 0 fully saturated rings. The fourth-order valence-electron chi connectivity index (χ4n) is 13.9. The quantitative estimate of drug-likeness (QED) is 0.122. The lowest BCUT2D eigenvalue weighted by molar-refractivity contribution is 1.96. The van der Waals surface area contributed by atoms with Gasteiger partial charge in [-0.05, 0) is 194 Å². The molecule has 19 aromatic rings. The van der Waals surface area contributed by atoms with Crippen LogP contribution in [0.4, 0.5) is 0 Å². The standard InChI is InChI=1S/C48H12/c1-2-14-16-5-6-18-20-9-10-23-24-12-11-22-21-8-7-19-17-4-3-15-13(1)25-26(14)38-28(16)30(18)40-33(20)34(23)42-36(24)35(22)41-32(21)31(19)39-29(17)27(15)37(25)43-44(38)46(40)48(42)47(41)45(39)43/h1-12H. The van der Waals surface area contributed by atoms with Gasteiger partial charge in [0.1, 0.15) is 0 Å². The molecular weight excluding hydrogens is 577 g/mol. The van der Waals surface area contributed by atoms with Crippen molar-refractivity contribution < 1.29 is 0 Å². The molecule has 0 saturated heterocycles. The van der Waals surface area contributed by atoms with Crippen LogP contribution in [-0.4, -0.2) is 0 Å². The molecule has 0 aromatic heterocycles. The zero-order valence-electron chi connectivity index (χ0n) is 24.9. The van der Waals surface area contributed by atoms with E-state index in [-0.39, 0.29) is 0 Å². The van der Waals surface area contributed by atoms with Gasteiger partial charge in [-0.25, -0.2) is 0 Å². The summed E-state index contributed by atoms with van der Waals surface area (Å²) >= 11 is 0. The highest BCUT2D eigenvalue weighted by Gasteiger charge is 2.39. The van der Waals surface area contributed by atoms with E-state index in [0.717, 1.165) is 0 Å². The highest BCUT2D eigenvalue weighted by Crippen LogP contribution is 2.68. The van der Waals surface area contributed by atoms with Crippen LogP contribution in [0.3, 0.4) is 0 Å². The second-order valence-corrected chi connectivity index (χ2v) is 16.0. The molecule has 0 bridgehead atoms. The Morgan fingerprint density at radius 2 is 0.188 bits per heavy atom. The van der Waals surface area contributed by atoms with Crippen LogP contribution in [0.1, 0.15) is 0 Å². The Bertz CT molecular complexity index is 3540. The lowest BCUT2D eigenvalue weighted by Crippen LogP contribution is -1.94. The van der Waals surface area contributed by atoms with E-state index in [0.29, 0.717) is 0 Å². The van der Waals surface area contributed by atoms with E-state index in [1.54, 1.807) is 64.6 Å². The van der Waals surface area contributed by atoms with E-state index >= 15 is 0 Å². The Morgan fingerprint density at radius 3 is 0.292 bits per heavy atom. The van der Waals surface area contributed by atoms with Crippen LogP contribution in [0.2, 0.25) is 0 Å². The first-order valence-electron chi connectivity index (χ1n) is 17.5. The Hall–Kier alpha value is -6.24. The van der Waals surface area contributed by atoms with Crippen molar-refractivity contribution in [3.63, 3.8) is 0 Å². The lowest BCUT2D eigenvalue weighted by Gasteiger charge is -2.24. The molecule has 19 rings (SSSR count). The van der Waals surface area contributed by atoms with E-state index < -0.39 is 0 Å². The number of hydrogen-bond donors (Lipinski definition) is 0. The lowest BCUT2D eigenvalue weighted by atomic mass is 9.77. The number of benzene rings is 13. The second-order valence-electron chi connectivity index (χ2n) is 16.0. The maximum Gasteiger partial charge on any atom is -0.000000767 e. The van der Waals surface area contributed by atoms with Gasteiger partial charge in [0.15, 0.2) is 0 Å². The molecular formula is C48H12. The molecule has 0 heterocycles. The van der Waals surface area contributed by atoms with Gasteiger partial charge in [0.05, 0.1) is 0 Å². The summed E-state index contributed by atoms with van der Waals surface area (Å²) in [6.07, 6.45) is 0. The van der Waals surface area contributed by atoms with Crippen molar-refractivity contribution in [1.82, 2.24) is 0 Å². The predicted molar refractivity (Wildman–Crippen MR) is 209 cm³/mol. The van der Waals surface area contributed by atoms with Gasteiger partial charge in [-0.1, -0.05) is 72.8 Å². The van der Waals surface area contributed by atoms with E-state index in [1.807, 2.05) is 0 Å². The number of hydrogen-bond acceptors (Lipinski definition) is 0. The van der Waals surface area contributed by atoms with Crippen LogP contribution >= 0.6 is 0 Å². The zero-order valence-corrected chi connectivity index (χ0v) is 24.9. The summed E-state index contributed by atoms with van der Waals surface area (Å²) < 4.78 is 0. The monoisotopic (exact) mass is 588 g/mol. The maximum absolute atomic E-state index is 2.47. The van der Waals surface area contributed by atoms with Crippen LogP contribution in [0.25, 0.3) is 194 Å². The molecule has 48 heavy (non-hydrogen) atoms. The highest BCUT2D eigenvalue weighted by molar-refractivity contribution is 6.71. The van der Waals surface area contributed by atoms with Crippen molar-refractivity contribution in [3.8, 4) is 0 Å². The molecule has 0 saturated carbocycles. The first-order valence-corrected chi connectivity index (χ1v) is 17.5. The molecule has 0 atom stereocenters. The van der Waals surface area contributed by atoms with Gasteiger partial charge in [0.25, 0.3) is 0 Å². The van der Waals surface area contributed by atoms with E-state index in [1.165, 1.54) is 129 Å². The largest absolute Gasteiger partial charge is 0.0531 e. The van der Waals surface area contributed by atoms with Crippen molar-refractivity contribution in [3.05, 3.63) is 72.8 Å². The van der Waals surface area contributed by atoms with Gasteiger partial charge in [-0.2, -0.15) is 0 Å². The summed E-state index contributed by atoms with van der Waals surface area (Å²) in [6, 6.07) is 29.7. The van der Waals surface area contributed by atoms with Crippen LogP contribution in [0.5, 0.6) is 0 Å². The third kappa shape index (κ3) is 1.28. The van der Waals surface area contributed by atoms with Crippen LogP contribution in [-0.2, 0) is 0 Å². The third-order valence-corrected chi connectivity index (χ3v) is 15.0. The molecule has 0 aliphatic carbocycles. The molecule has 0 amide bonds. The van der Waals surface area contributed by atoms with Gasteiger partial charge in [0, 0.05) is 0 Å². The highest BCUT2D eigenvalue weighted by atomic mass is 14.4. The summed E-state index contributed by atoms with van der Waals surface area (Å²) in [7, 11) is 0. The zero-order chi connectivity index (χ0) is 29.3. The van der Waals surface area contributed by atoms with Gasteiger partial charge < -0.3 is 0 Å². The fraction of sp³-hybridized carbons (Fsp3) is 0. The molecule has 0 aliphatic heterocycles. The van der Waals surface area contributed by atoms with E-state index in [9.17, 15) is 0 Å². The summed E-state index contributed by atoms with van der Waals surface area (Å²) in [5, 5.41) is 54.3. The summed E-state index contributed by atoms with van der Waals surface area (Å²) in [5.74, 6) is 0. The van der Waals surface area contributed by atoms with E-state index in [2.05, 4.69) is 72.8 Å². The molecule has 204 valence electrons. The van der Waals surface area contributed by atoms with Crippen molar-refractivity contribution >= 4 is 194 Å². The van der Waals surface area contributed by atoms with Crippen molar-refractivity contribution in [2.45, 2.75) is 0 Å². The van der Waals surface area contributed by atoms with Crippen LogP contribution in [0.15, 0.2) is 72.8 Å². The topological polar surface area (TPSA) is 0 Å². The molecule has 0 unspecified atom stereocenters. The molecule has 0 spiro atoms. The fourth-order valence-corrected chi connectivity index (χ4v) is 13.9. The molecule has 19 aromatic carbocycles. The summed E-state index contributed by atoms with van der Waals surface area (Å²) in [5.41, 5.74) is 0. The average molecular weight is 589 g/mol. The maximum atomic E-state index is 2.47. The van der Waals surface area contributed by atoms with Gasteiger partial charge in [-0.3, -0.25) is 0 Å². The minimum atomic E-state index is 1.45. The molecule has 0 heteroatoms. The Balaban J connectivity index is 1.45. The first-order chi connectivity index (χ1) is 23.9. The second kappa shape index (κ2) is 4.98. The van der Waals surface area contributed by atoms with Crippen LogP contribution < -0.4 is 0 Å². The minimum Gasteiger partial charge on any atom is -0.0531 e. The van der Waals surface area contributed by atoms with Crippen molar-refractivity contribution in [2.24, 2.45) is 0 Å². The molecule has 0 aliphatic rings. The van der Waals surface area contributed by atoms with Crippen molar-refractivity contribution in [2.75, 3.05) is 0 Å². The van der Waals surface area contributed by atoms with E-state index in [4.69, 9.17) is 0 Å². The predicted octanol–water partition coefficient (Wildman–Crippen LogP) is 14.0. The number of rotatable bonds is 0. The third-order valence-electron chi connectivity index (χ3n) is 15.0. The van der Waals surface area contributed by atoms with Gasteiger partial charge in [0.2, 0.25) is 0 Å². The molecule has 0 N–H and O–H groups in total. The molecule has 0 nitrogen and oxygen atoms in total.